The molecule has 2 heterocycles. The van der Waals surface area contributed by atoms with Crippen LogP contribution in [0.2, 0.25) is 0 Å². The van der Waals surface area contributed by atoms with Gasteiger partial charge in [-0.25, -0.2) is 4.98 Å². The number of rotatable bonds is 2. The average molecular weight is 328 g/mol. The maximum Gasteiger partial charge on any atom is 0.128 e. The van der Waals surface area contributed by atoms with Gasteiger partial charge in [0.05, 0.1) is 0 Å². The van der Waals surface area contributed by atoms with Crippen LogP contribution < -0.4 is 4.90 Å². The van der Waals surface area contributed by atoms with Crippen molar-refractivity contribution in [1.29, 1.82) is 0 Å². The lowest BCUT2D eigenvalue weighted by Crippen LogP contribution is -2.41. The zero-order valence-electron chi connectivity index (χ0n) is 15.7. The normalized spacial score (nSPS) is 31.5. The van der Waals surface area contributed by atoms with Gasteiger partial charge in [0.25, 0.3) is 0 Å². The van der Waals surface area contributed by atoms with Crippen molar-refractivity contribution in [3.63, 3.8) is 0 Å². The molecule has 0 spiro atoms. The van der Waals surface area contributed by atoms with E-state index < -0.39 is 0 Å². The largest absolute Gasteiger partial charge is 0.355 e. The van der Waals surface area contributed by atoms with Gasteiger partial charge in [0.1, 0.15) is 5.82 Å². The van der Waals surface area contributed by atoms with Crippen molar-refractivity contribution in [2.75, 3.05) is 31.1 Å². The molecule has 0 aromatic carbocycles. The van der Waals surface area contributed by atoms with E-state index in [4.69, 9.17) is 4.98 Å². The second-order valence-corrected chi connectivity index (χ2v) is 9.27. The van der Waals surface area contributed by atoms with Gasteiger partial charge in [0.2, 0.25) is 0 Å². The lowest BCUT2D eigenvalue weighted by molar-refractivity contribution is 0.152. The number of nitrogens with zero attached hydrogens (tertiary/aromatic N) is 3. The highest BCUT2D eigenvalue weighted by Gasteiger charge is 2.42. The van der Waals surface area contributed by atoms with Gasteiger partial charge in [0, 0.05) is 38.4 Å². The van der Waals surface area contributed by atoms with Gasteiger partial charge in [-0.2, -0.15) is 0 Å². The predicted molar refractivity (Wildman–Crippen MR) is 101 cm³/mol. The lowest BCUT2D eigenvalue weighted by Gasteiger charge is -2.33. The van der Waals surface area contributed by atoms with Crippen molar-refractivity contribution >= 4 is 5.82 Å². The zero-order valence-corrected chi connectivity index (χ0v) is 15.7. The Labute approximate surface area is 147 Å². The molecule has 132 valence electrons. The summed E-state index contributed by atoms with van der Waals surface area (Å²) >= 11 is 0. The molecular weight excluding hydrogens is 294 g/mol. The molecule has 4 rings (SSSR count). The van der Waals surface area contributed by atoms with E-state index in [0.29, 0.717) is 0 Å². The lowest BCUT2D eigenvalue weighted by atomic mass is 9.88. The fourth-order valence-electron chi connectivity index (χ4n) is 5.17. The predicted octanol–water partition coefficient (Wildman–Crippen LogP) is 4.08. The molecule has 3 heteroatoms. The highest BCUT2D eigenvalue weighted by molar-refractivity contribution is 5.40. The minimum atomic E-state index is 0.183. The van der Waals surface area contributed by atoms with Gasteiger partial charge in [-0.1, -0.05) is 33.3 Å². The molecule has 0 N–H and O–H groups in total. The first kappa shape index (κ1) is 16.4. The number of hydrogen-bond donors (Lipinski definition) is 0. The molecule has 3 aliphatic rings. The number of fused-ring (bicyclic) bond motifs is 2. The summed E-state index contributed by atoms with van der Waals surface area (Å²) in [6.07, 6.45) is 9.34. The molecule has 3 fully saturated rings. The van der Waals surface area contributed by atoms with Gasteiger partial charge in [-0.15, -0.1) is 0 Å². The number of hydrogen-bond acceptors (Lipinski definition) is 3. The summed E-state index contributed by atoms with van der Waals surface area (Å²) in [4.78, 5) is 10.1. The number of aromatic nitrogens is 1. The van der Waals surface area contributed by atoms with E-state index in [2.05, 4.69) is 48.9 Å². The van der Waals surface area contributed by atoms with Crippen LogP contribution >= 0.6 is 0 Å². The first-order chi connectivity index (χ1) is 11.5. The van der Waals surface area contributed by atoms with Gasteiger partial charge in [0.15, 0.2) is 0 Å². The Bertz CT molecular complexity index is 559. The Balaban J connectivity index is 1.39. The SMILES string of the molecule is CC(C)(C)c1ccc(N2CCCN(C3CC4CCC3C4)CC2)nc1. The van der Waals surface area contributed by atoms with E-state index in [1.54, 1.807) is 0 Å². The highest BCUT2D eigenvalue weighted by Crippen LogP contribution is 2.46. The van der Waals surface area contributed by atoms with E-state index >= 15 is 0 Å². The van der Waals surface area contributed by atoms with Gasteiger partial charge in [-0.05, 0) is 54.6 Å². The molecular formula is C21H33N3. The van der Waals surface area contributed by atoms with Crippen molar-refractivity contribution in [2.45, 2.75) is 64.3 Å². The van der Waals surface area contributed by atoms with E-state index in [0.717, 1.165) is 36.8 Å². The van der Waals surface area contributed by atoms with Crippen molar-refractivity contribution in [3.05, 3.63) is 23.9 Å². The third-order valence-electron chi connectivity index (χ3n) is 6.64. The Morgan fingerprint density at radius 2 is 1.88 bits per heavy atom. The molecule has 2 aliphatic carbocycles. The van der Waals surface area contributed by atoms with Crippen LogP contribution in [0.25, 0.3) is 0 Å². The zero-order chi connectivity index (χ0) is 16.7. The summed E-state index contributed by atoms with van der Waals surface area (Å²) in [6.45, 7) is 11.5. The van der Waals surface area contributed by atoms with Gasteiger partial charge < -0.3 is 4.90 Å². The molecule has 0 amide bonds. The van der Waals surface area contributed by atoms with Crippen molar-refractivity contribution in [3.8, 4) is 0 Å². The Hall–Kier alpha value is -1.09. The molecule has 24 heavy (non-hydrogen) atoms. The van der Waals surface area contributed by atoms with E-state index in [-0.39, 0.29) is 5.41 Å². The Morgan fingerprint density at radius 3 is 2.50 bits per heavy atom. The third kappa shape index (κ3) is 3.20. The fourth-order valence-corrected chi connectivity index (χ4v) is 5.17. The molecule has 2 saturated carbocycles. The van der Waals surface area contributed by atoms with E-state index in [9.17, 15) is 0 Å². The second-order valence-electron chi connectivity index (χ2n) is 9.27. The molecule has 3 atom stereocenters. The third-order valence-corrected chi connectivity index (χ3v) is 6.64. The van der Waals surface area contributed by atoms with Crippen LogP contribution in [0.15, 0.2) is 18.3 Å². The summed E-state index contributed by atoms with van der Waals surface area (Å²) in [7, 11) is 0. The summed E-state index contributed by atoms with van der Waals surface area (Å²) < 4.78 is 0. The van der Waals surface area contributed by atoms with Crippen molar-refractivity contribution < 1.29 is 0 Å². The first-order valence-corrected chi connectivity index (χ1v) is 9.96. The molecule has 1 aromatic heterocycles. The smallest absolute Gasteiger partial charge is 0.128 e. The maximum atomic E-state index is 4.78. The summed E-state index contributed by atoms with van der Waals surface area (Å²) in [5.41, 5.74) is 1.51. The minimum absolute atomic E-state index is 0.183. The molecule has 2 bridgehead atoms. The fraction of sp³-hybridized carbons (Fsp3) is 0.762. The van der Waals surface area contributed by atoms with Crippen molar-refractivity contribution in [2.24, 2.45) is 11.8 Å². The summed E-state index contributed by atoms with van der Waals surface area (Å²) in [5, 5.41) is 0. The van der Waals surface area contributed by atoms with E-state index in [1.807, 2.05) is 0 Å². The number of anilines is 1. The Morgan fingerprint density at radius 1 is 1.00 bits per heavy atom. The minimum Gasteiger partial charge on any atom is -0.355 e. The number of pyridine rings is 1. The van der Waals surface area contributed by atoms with E-state index in [1.165, 1.54) is 50.8 Å². The average Bonchev–Trinajstić information content (AvgIpc) is 3.10. The van der Waals surface area contributed by atoms with Crippen LogP contribution in [0.4, 0.5) is 5.82 Å². The molecule has 0 radical (unpaired) electrons. The standard InChI is InChI=1S/C21H33N3/c1-21(2,3)18-7-8-20(22-15-18)24-10-4-9-23(11-12-24)19-14-16-5-6-17(19)13-16/h7-8,15-17,19H,4-6,9-14H2,1-3H3. The van der Waals surface area contributed by atoms with Crippen LogP contribution in [0.5, 0.6) is 0 Å². The van der Waals surface area contributed by atoms with Crippen LogP contribution in [-0.2, 0) is 5.41 Å². The molecule has 1 aliphatic heterocycles. The van der Waals surface area contributed by atoms with Crippen LogP contribution in [0.1, 0.15) is 58.4 Å². The molecule has 3 unspecified atom stereocenters. The topological polar surface area (TPSA) is 19.4 Å². The molecule has 3 nitrogen and oxygen atoms in total. The summed E-state index contributed by atoms with van der Waals surface area (Å²) in [6, 6.07) is 5.38. The first-order valence-electron chi connectivity index (χ1n) is 9.96. The van der Waals surface area contributed by atoms with Gasteiger partial charge in [-0.3, -0.25) is 4.90 Å². The summed E-state index contributed by atoms with van der Waals surface area (Å²) in [5.74, 6) is 3.22. The second kappa shape index (κ2) is 6.33. The monoisotopic (exact) mass is 327 g/mol. The van der Waals surface area contributed by atoms with Crippen LogP contribution in [0, 0.1) is 11.8 Å². The van der Waals surface area contributed by atoms with Crippen molar-refractivity contribution in [1.82, 2.24) is 9.88 Å². The quantitative estimate of drug-likeness (QED) is 0.816. The van der Waals surface area contributed by atoms with Crippen LogP contribution in [0.3, 0.4) is 0 Å². The van der Waals surface area contributed by atoms with Gasteiger partial charge >= 0.3 is 0 Å². The maximum absolute atomic E-state index is 4.78. The molecule has 1 aromatic rings. The van der Waals surface area contributed by atoms with Crippen LogP contribution in [-0.4, -0.2) is 42.1 Å². The highest BCUT2D eigenvalue weighted by atomic mass is 15.3. The molecule has 1 saturated heterocycles. The Kier molecular flexibility index (Phi) is 4.32.